The summed E-state index contributed by atoms with van der Waals surface area (Å²) in [5.41, 5.74) is 0.518. The third-order valence-corrected chi connectivity index (χ3v) is 3.15. The molecule has 0 radical (unpaired) electrons. The van der Waals surface area contributed by atoms with E-state index in [2.05, 4.69) is 5.10 Å². The smallest absolute Gasteiger partial charge is 0.356 e. The Morgan fingerprint density at radius 1 is 1.18 bits per heavy atom. The molecule has 22 heavy (non-hydrogen) atoms. The molecule has 1 aromatic carbocycles. The highest BCUT2D eigenvalue weighted by atomic mass is 19.1. The number of halogens is 1. The molecule has 118 valence electrons. The number of aryl methyl sites for hydroxylation is 1. The van der Waals surface area contributed by atoms with E-state index in [9.17, 15) is 9.18 Å². The Balaban J connectivity index is 2.74. The first kappa shape index (κ1) is 15.6. The van der Waals surface area contributed by atoms with Crippen LogP contribution in [0.3, 0.4) is 0 Å². The van der Waals surface area contributed by atoms with Gasteiger partial charge in [-0.05, 0) is 12.1 Å². The van der Waals surface area contributed by atoms with Crippen molar-refractivity contribution in [1.29, 1.82) is 0 Å². The monoisotopic (exact) mass is 310 g/mol. The van der Waals surface area contributed by atoms with Crippen LogP contribution in [0.25, 0.3) is 11.3 Å². The number of carbonyl (C=O) groups is 1. The van der Waals surface area contributed by atoms with Gasteiger partial charge in [-0.1, -0.05) is 0 Å². The Labute approximate surface area is 125 Å². The Morgan fingerprint density at radius 2 is 1.82 bits per heavy atom. The zero-order valence-corrected chi connectivity index (χ0v) is 12.5. The Hall–Kier alpha value is -2.77. The first-order chi connectivity index (χ1) is 10.4. The van der Waals surface area contributed by atoms with Gasteiger partial charge in [-0.2, -0.15) is 9.49 Å². The minimum absolute atomic E-state index is 0.0856. The predicted octanol–water partition coefficient (Wildman–Crippen LogP) is 1.95. The maximum absolute atomic E-state index is 14.5. The second-order valence-electron chi connectivity index (χ2n) is 4.35. The van der Waals surface area contributed by atoms with E-state index >= 15 is 0 Å². The number of carboxylic acid groups (broad SMARTS) is 1. The number of hydrogen-bond acceptors (Lipinski definition) is 5. The second kappa shape index (κ2) is 5.92. The number of aromatic carboxylic acids is 1. The first-order valence-electron chi connectivity index (χ1n) is 6.20. The van der Waals surface area contributed by atoms with Crippen LogP contribution in [0, 0.1) is 5.82 Å². The lowest BCUT2D eigenvalue weighted by atomic mass is 10.1. The summed E-state index contributed by atoms with van der Waals surface area (Å²) in [6, 6.07) is 2.83. The summed E-state index contributed by atoms with van der Waals surface area (Å²) >= 11 is 0. The third-order valence-electron chi connectivity index (χ3n) is 3.15. The van der Waals surface area contributed by atoms with Crippen LogP contribution in [-0.2, 0) is 7.05 Å². The Bertz CT molecular complexity index is 727. The minimum Gasteiger partial charge on any atom is -0.493 e. The van der Waals surface area contributed by atoms with Crippen molar-refractivity contribution in [3.63, 3.8) is 0 Å². The number of ether oxygens (including phenoxy) is 3. The average Bonchev–Trinajstić information content (AvgIpc) is 2.88. The molecule has 0 aliphatic rings. The van der Waals surface area contributed by atoms with Crippen molar-refractivity contribution in [2.24, 2.45) is 7.05 Å². The first-order valence-corrected chi connectivity index (χ1v) is 6.20. The van der Waals surface area contributed by atoms with Crippen LogP contribution in [0.15, 0.2) is 12.1 Å². The van der Waals surface area contributed by atoms with Crippen LogP contribution in [0.1, 0.15) is 10.5 Å². The van der Waals surface area contributed by atoms with Crippen LogP contribution in [-0.4, -0.2) is 42.2 Å². The van der Waals surface area contributed by atoms with Crippen molar-refractivity contribution >= 4 is 5.97 Å². The van der Waals surface area contributed by atoms with Crippen LogP contribution in [0.4, 0.5) is 4.39 Å². The highest BCUT2D eigenvalue weighted by molar-refractivity contribution is 5.87. The molecular weight excluding hydrogens is 295 g/mol. The SMILES string of the molecule is COc1cc(-c2cc(C(=O)O)nn2C)c(OC)c(F)c1OC. The van der Waals surface area contributed by atoms with Crippen molar-refractivity contribution in [3.05, 3.63) is 23.6 Å². The predicted molar refractivity (Wildman–Crippen MR) is 75.2 cm³/mol. The van der Waals surface area contributed by atoms with E-state index in [1.54, 1.807) is 7.05 Å². The van der Waals surface area contributed by atoms with Gasteiger partial charge in [0.05, 0.1) is 27.0 Å². The van der Waals surface area contributed by atoms with Gasteiger partial charge < -0.3 is 19.3 Å². The van der Waals surface area contributed by atoms with E-state index < -0.39 is 11.8 Å². The molecule has 0 atom stereocenters. The maximum atomic E-state index is 14.5. The van der Waals surface area contributed by atoms with Crippen molar-refractivity contribution in [2.45, 2.75) is 0 Å². The van der Waals surface area contributed by atoms with E-state index in [0.717, 1.165) is 0 Å². The molecule has 8 heteroatoms. The Kier molecular flexibility index (Phi) is 4.20. The standard InChI is InChI=1S/C14H15FN2O5/c1-17-9(6-8(16-17)14(18)19)7-5-10(20-2)13(22-4)11(15)12(7)21-3/h5-6H,1-4H3,(H,18,19). The van der Waals surface area contributed by atoms with Crippen LogP contribution in [0.5, 0.6) is 17.2 Å². The van der Waals surface area contributed by atoms with E-state index in [4.69, 9.17) is 19.3 Å². The number of methoxy groups -OCH3 is 3. The molecule has 0 saturated heterocycles. The molecular formula is C14H15FN2O5. The summed E-state index contributed by atoms with van der Waals surface area (Å²) in [6.07, 6.45) is 0. The van der Waals surface area contributed by atoms with Crippen molar-refractivity contribution in [3.8, 4) is 28.5 Å². The molecule has 0 spiro atoms. The van der Waals surface area contributed by atoms with Gasteiger partial charge in [0.15, 0.2) is 17.2 Å². The van der Waals surface area contributed by atoms with Crippen LogP contribution < -0.4 is 14.2 Å². The molecule has 7 nitrogen and oxygen atoms in total. The second-order valence-corrected chi connectivity index (χ2v) is 4.35. The fourth-order valence-corrected chi connectivity index (χ4v) is 2.15. The topological polar surface area (TPSA) is 82.8 Å². The summed E-state index contributed by atoms with van der Waals surface area (Å²) in [7, 11) is 5.55. The molecule has 2 rings (SSSR count). The van der Waals surface area contributed by atoms with Gasteiger partial charge >= 0.3 is 5.97 Å². The van der Waals surface area contributed by atoms with E-state index in [-0.39, 0.29) is 22.9 Å². The highest BCUT2D eigenvalue weighted by Crippen LogP contribution is 2.43. The number of nitrogens with zero attached hydrogens (tertiary/aromatic N) is 2. The molecule has 0 aliphatic carbocycles. The summed E-state index contributed by atoms with van der Waals surface area (Å²) in [5.74, 6) is -1.94. The number of carboxylic acids is 1. The van der Waals surface area contributed by atoms with Gasteiger partial charge in [-0.25, -0.2) is 4.79 Å². The number of rotatable bonds is 5. The van der Waals surface area contributed by atoms with Gasteiger partial charge in [0.2, 0.25) is 11.6 Å². The molecule has 0 fully saturated rings. The number of benzene rings is 1. The molecule has 1 aromatic heterocycles. The zero-order valence-electron chi connectivity index (χ0n) is 12.5. The van der Waals surface area contributed by atoms with Crippen LogP contribution in [0.2, 0.25) is 0 Å². The third kappa shape index (κ3) is 2.43. The molecule has 1 heterocycles. The quantitative estimate of drug-likeness (QED) is 0.909. The maximum Gasteiger partial charge on any atom is 0.356 e. The molecule has 2 aromatic rings. The zero-order chi connectivity index (χ0) is 16.4. The molecule has 0 saturated carbocycles. The summed E-state index contributed by atoms with van der Waals surface area (Å²) in [4.78, 5) is 11.0. The minimum atomic E-state index is -1.18. The average molecular weight is 310 g/mol. The molecule has 0 bridgehead atoms. The molecule has 0 unspecified atom stereocenters. The molecule has 0 aliphatic heterocycles. The highest BCUT2D eigenvalue weighted by Gasteiger charge is 2.24. The molecule has 1 N–H and O–H groups in total. The number of hydrogen-bond donors (Lipinski definition) is 1. The van der Waals surface area contributed by atoms with Gasteiger partial charge in [0, 0.05) is 12.6 Å². The lowest BCUT2D eigenvalue weighted by Crippen LogP contribution is -2.02. The van der Waals surface area contributed by atoms with E-state index in [1.165, 1.54) is 38.1 Å². The lowest BCUT2D eigenvalue weighted by Gasteiger charge is -2.15. The number of aromatic nitrogens is 2. The Morgan fingerprint density at radius 3 is 2.27 bits per heavy atom. The normalized spacial score (nSPS) is 10.4. The van der Waals surface area contributed by atoms with Gasteiger partial charge in [0.1, 0.15) is 0 Å². The lowest BCUT2D eigenvalue weighted by molar-refractivity contribution is 0.0689. The fourth-order valence-electron chi connectivity index (χ4n) is 2.15. The van der Waals surface area contributed by atoms with Gasteiger partial charge in [-0.15, -0.1) is 0 Å². The van der Waals surface area contributed by atoms with E-state index in [1.807, 2.05) is 0 Å². The van der Waals surface area contributed by atoms with Gasteiger partial charge in [-0.3, -0.25) is 4.68 Å². The van der Waals surface area contributed by atoms with Crippen LogP contribution >= 0.6 is 0 Å². The van der Waals surface area contributed by atoms with Crippen molar-refractivity contribution in [2.75, 3.05) is 21.3 Å². The summed E-state index contributed by atoms with van der Waals surface area (Å²) in [6.45, 7) is 0. The molecule has 0 amide bonds. The van der Waals surface area contributed by atoms with E-state index in [0.29, 0.717) is 11.3 Å². The largest absolute Gasteiger partial charge is 0.493 e. The fraction of sp³-hybridized carbons (Fsp3) is 0.286. The van der Waals surface area contributed by atoms with Crippen molar-refractivity contribution < 1.29 is 28.5 Å². The summed E-state index contributed by atoms with van der Waals surface area (Å²) in [5, 5.41) is 12.9. The summed E-state index contributed by atoms with van der Waals surface area (Å²) < 4.78 is 31.0. The van der Waals surface area contributed by atoms with Crippen molar-refractivity contribution in [1.82, 2.24) is 9.78 Å². The van der Waals surface area contributed by atoms with Gasteiger partial charge in [0.25, 0.3) is 0 Å².